The summed E-state index contributed by atoms with van der Waals surface area (Å²) in [6.07, 6.45) is 2.85. The van der Waals surface area contributed by atoms with Gasteiger partial charge in [-0.15, -0.1) is 0 Å². The molecule has 1 saturated heterocycles. The predicted octanol–water partition coefficient (Wildman–Crippen LogP) is 4.97. The van der Waals surface area contributed by atoms with Crippen molar-refractivity contribution >= 4 is 33.5 Å². The van der Waals surface area contributed by atoms with Crippen molar-refractivity contribution in [3.63, 3.8) is 0 Å². The van der Waals surface area contributed by atoms with Crippen molar-refractivity contribution in [3.8, 4) is 11.3 Å². The molecule has 2 aromatic carbocycles. The molecule has 0 aliphatic carbocycles. The van der Waals surface area contributed by atoms with Gasteiger partial charge in [-0.25, -0.2) is 22.9 Å². The number of carbonyl (C=O) groups excluding carboxylic acids is 1. The van der Waals surface area contributed by atoms with E-state index in [1.807, 2.05) is 26.0 Å². The summed E-state index contributed by atoms with van der Waals surface area (Å²) in [6.45, 7) is 5.33. The van der Waals surface area contributed by atoms with E-state index >= 15 is 0 Å². The van der Waals surface area contributed by atoms with Crippen LogP contribution in [0.15, 0.2) is 47.4 Å². The molecule has 1 aliphatic heterocycles. The predicted molar refractivity (Wildman–Crippen MR) is 138 cm³/mol. The van der Waals surface area contributed by atoms with Gasteiger partial charge in [-0.1, -0.05) is 35.9 Å². The molecule has 0 bridgehead atoms. The molecule has 1 aliphatic rings. The first kappa shape index (κ1) is 26.1. The van der Waals surface area contributed by atoms with Crippen molar-refractivity contribution in [3.05, 3.63) is 69.9 Å². The van der Waals surface area contributed by atoms with Crippen LogP contribution in [-0.2, 0) is 25.9 Å². The number of nitrogens with zero attached hydrogens (tertiary/aromatic N) is 2. The Morgan fingerprint density at radius 2 is 1.86 bits per heavy atom. The number of benzene rings is 2. The second-order valence-corrected chi connectivity index (χ2v) is 10.8. The van der Waals surface area contributed by atoms with Crippen LogP contribution in [0, 0.1) is 19.8 Å². The SMILES string of the molecule is COC(=O)c1cccc(S(=O)(=O)Nc2nc(Cl)c(C)c(-c3c(C)cccc3CC3CCOCC3)n2)c1. The van der Waals surface area contributed by atoms with Gasteiger partial charge in [-0.2, -0.15) is 4.98 Å². The fourth-order valence-corrected chi connectivity index (χ4v) is 5.52. The topological polar surface area (TPSA) is 107 Å². The van der Waals surface area contributed by atoms with E-state index in [-0.39, 0.29) is 21.6 Å². The van der Waals surface area contributed by atoms with Crippen LogP contribution in [0.25, 0.3) is 11.3 Å². The lowest BCUT2D eigenvalue weighted by Crippen LogP contribution is -2.18. The Kier molecular flexibility index (Phi) is 7.92. The summed E-state index contributed by atoms with van der Waals surface area (Å²) in [5.41, 5.74) is 4.42. The van der Waals surface area contributed by atoms with Crippen LogP contribution in [0.4, 0.5) is 5.95 Å². The summed E-state index contributed by atoms with van der Waals surface area (Å²) in [4.78, 5) is 20.5. The van der Waals surface area contributed by atoms with Crippen molar-refractivity contribution in [2.24, 2.45) is 5.92 Å². The molecule has 0 spiro atoms. The van der Waals surface area contributed by atoms with Crippen LogP contribution >= 0.6 is 11.6 Å². The van der Waals surface area contributed by atoms with Crippen molar-refractivity contribution in [1.29, 1.82) is 0 Å². The molecule has 0 atom stereocenters. The number of hydrogen-bond acceptors (Lipinski definition) is 7. The van der Waals surface area contributed by atoms with Crippen LogP contribution in [0.1, 0.15) is 39.9 Å². The largest absolute Gasteiger partial charge is 0.465 e. The summed E-state index contributed by atoms with van der Waals surface area (Å²) in [7, 11) is -2.87. The Bertz CT molecular complexity index is 1390. The van der Waals surface area contributed by atoms with Crippen molar-refractivity contribution < 1.29 is 22.7 Å². The lowest BCUT2D eigenvalue weighted by atomic mass is 9.87. The number of methoxy groups -OCH3 is 1. The summed E-state index contributed by atoms with van der Waals surface area (Å²) < 4.78 is 38.8. The lowest BCUT2D eigenvalue weighted by molar-refractivity contribution is 0.0600. The standard InChI is InChI=1S/C26H28ClN3O5S/c1-16-6-4-7-19(14-18-10-12-35-13-11-18)22(16)23-17(2)24(27)29-26(28-23)30-36(32,33)21-9-5-8-20(15-21)25(31)34-3/h4-9,15,18H,10-14H2,1-3H3,(H,28,29,30). The Morgan fingerprint density at radius 1 is 1.14 bits per heavy atom. The van der Waals surface area contributed by atoms with E-state index in [0.717, 1.165) is 49.2 Å². The molecule has 0 amide bonds. The smallest absolute Gasteiger partial charge is 0.337 e. The highest BCUT2D eigenvalue weighted by Crippen LogP contribution is 2.35. The number of aryl methyl sites for hydroxylation is 1. The molecule has 10 heteroatoms. The Hall–Kier alpha value is -3.01. The van der Waals surface area contributed by atoms with Gasteiger partial charge in [0.1, 0.15) is 5.15 Å². The highest BCUT2D eigenvalue weighted by Gasteiger charge is 2.23. The maximum atomic E-state index is 13.1. The number of nitrogens with one attached hydrogen (secondary N) is 1. The Morgan fingerprint density at radius 3 is 2.58 bits per heavy atom. The minimum absolute atomic E-state index is 0.113. The average Bonchev–Trinajstić information content (AvgIpc) is 2.86. The molecule has 36 heavy (non-hydrogen) atoms. The van der Waals surface area contributed by atoms with Crippen molar-refractivity contribution in [2.75, 3.05) is 25.0 Å². The zero-order valence-corrected chi connectivity index (χ0v) is 21.9. The molecule has 3 aromatic rings. The summed E-state index contributed by atoms with van der Waals surface area (Å²) >= 11 is 6.46. The first-order valence-corrected chi connectivity index (χ1v) is 13.5. The lowest BCUT2D eigenvalue weighted by Gasteiger charge is -2.24. The molecule has 190 valence electrons. The fourth-order valence-electron chi connectivity index (χ4n) is 4.36. The highest BCUT2D eigenvalue weighted by molar-refractivity contribution is 7.92. The van der Waals surface area contributed by atoms with Crippen LogP contribution in [-0.4, -0.2) is 44.7 Å². The summed E-state index contributed by atoms with van der Waals surface area (Å²) in [5.74, 6) is -0.290. The van der Waals surface area contributed by atoms with Gasteiger partial charge < -0.3 is 9.47 Å². The first-order valence-electron chi connectivity index (χ1n) is 11.6. The van der Waals surface area contributed by atoms with E-state index in [4.69, 9.17) is 16.3 Å². The van der Waals surface area contributed by atoms with Gasteiger partial charge in [0.2, 0.25) is 5.95 Å². The van der Waals surface area contributed by atoms with E-state index < -0.39 is 16.0 Å². The minimum Gasteiger partial charge on any atom is -0.465 e. The van der Waals surface area contributed by atoms with Crippen LogP contribution < -0.4 is 4.72 Å². The second kappa shape index (κ2) is 10.9. The monoisotopic (exact) mass is 529 g/mol. The van der Waals surface area contributed by atoms with Crippen molar-refractivity contribution in [2.45, 2.75) is 38.0 Å². The molecule has 1 N–H and O–H groups in total. The molecule has 0 saturated carbocycles. The number of hydrogen-bond donors (Lipinski definition) is 1. The van der Waals surface area contributed by atoms with E-state index in [9.17, 15) is 13.2 Å². The van der Waals surface area contributed by atoms with E-state index in [0.29, 0.717) is 17.2 Å². The van der Waals surface area contributed by atoms with Gasteiger partial charge in [-0.3, -0.25) is 0 Å². The molecule has 2 heterocycles. The molecule has 1 aromatic heterocycles. The molecule has 0 unspecified atom stereocenters. The Labute approximate surface area is 216 Å². The number of ether oxygens (including phenoxy) is 2. The first-order chi connectivity index (χ1) is 17.2. The van der Waals surface area contributed by atoms with E-state index in [2.05, 4.69) is 25.5 Å². The molecule has 1 fully saturated rings. The number of halogens is 1. The number of esters is 1. The van der Waals surface area contributed by atoms with Crippen LogP contribution in [0.5, 0.6) is 0 Å². The fraction of sp³-hybridized carbons (Fsp3) is 0.346. The molecular weight excluding hydrogens is 502 g/mol. The number of sulfonamides is 1. The van der Waals surface area contributed by atoms with Crippen LogP contribution in [0.3, 0.4) is 0 Å². The van der Waals surface area contributed by atoms with Gasteiger partial charge in [0.25, 0.3) is 10.0 Å². The van der Waals surface area contributed by atoms with Crippen LogP contribution in [0.2, 0.25) is 5.15 Å². The van der Waals surface area contributed by atoms with Crippen molar-refractivity contribution in [1.82, 2.24) is 9.97 Å². The van der Waals surface area contributed by atoms with Gasteiger partial charge in [0.15, 0.2) is 0 Å². The molecule has 4 rings (SSSR count). The third-order valence-corrected chi connectivity index (χ3v) is 8.02. The maximum Gasteiger partial charge on any atom is 0.337 e. The number of aromatic nitrogens is 2. The Balaban J connectivity index is 1.72. The van der Waals surface area contributed by atoms with Gasteiger partial charge in [0, 0.05) is 24.3 Å². The molecule has 8 nitrogen and oxygen atoms in total. The zero-order valence-electron chi connectivity index (χ0n) is 20.4. The molecular formula is C26H28ClN3O5S. The van der Waals surface area contributed by atoms with E-state index in [1.54, 1.807) is 0 Å². The second-order valence-electron chi connectivity index (χ2n) is 8.81. The van der Waals surface area contributed by atoms with Gasteiger partial charge in [0.05, 0.1) is 23.3 Å². The third kappa shape index (κ3) is 5.69. The average molecular weight is 530 g/mol. The zero-order chi connectivity index (χ0) is 25.9. The van der Waals surface area contributed by atoms with Gasteiger partial charge in [-0.05, 0) is 68.4 Å². The minimum atomic E-state index is -4.10. The highest BCUT2D eigenvalue weighted by atomic mass is 35.5. The van der Waals surface area contributed by atoms with E-state index in [1.165, 1.54) is 31.4 Å². The summed E-state index contributed by atoms with van der Waals surface area (Å²) in [5, 5.41) is 0.154. The maximum absolute atomic E-state index is 13.1. The molecule has 0 radical (unpaired) electrons. The third-order valence-electron chi connectivity index (χ3n) is 6.32. The number of carbonyl (C=O) groups is 1. The normalized spacial score (nSPS) is 14.4. The quantitative estimate of drug-likeness (QED) is 0.340. The van der Waals surface area contributed by atoms with Gasteiger partial charge >= 0.3 is 5.97 Å². The summed E-state index contributed by atoms with van der Waals surface area (Å²) in [6, 6.07) is 11.6. The number of rotatable bonds is 7. The number of anilines is 1.